The fourth-order valence-electron chi connectivity index (χ4n) is 1.90. The van der Waals surface area contributed by atoms with Gasteiger partial charge in [0.2, 0.25) is 0 Å². The van der Waals surface area contributed by atoms with E-state index >= 15 is 0 Å². The number of halogens is 1. The maximum absolute atomic E-state index is 11.3. The van der Waals surface area contributed by atoms with E-state index < -0.39 is 0 Å². The van der Waals surface area contributed by atoms with Crippen LogP contribution in [0.25, 0.3) is 0 Å². The average molecular weight is 254 g/mol. The Morgan fingerprint density at radius 2 is 1.82 bits per heavy atom. The molecule has 0 N–H and O–H groups in total. The molecule has 17 heavy (non-hydrogen) atoms. The van der Waals surface area contributed by atoms with Gasteiger partial charge in [0, 0.05) is 24.3 Å². The first kappa shape index (κ1) is 14.0. The molecule has 94 valence electrons. The van der Waals surface area contributed by atoms with Gasteiger partial charge in [-0.2, -0.15) is 0 Å². The SMILES string of the molecule is CCCN(CCC)c1ccc(C(C)=O)c(Cl)c1. The molecule has 0 saturated carbocycles. The summed E-state index contributed by atoms with van der Waals surface area (Å²) < 4.78 is 0. The van der Waals surface area contributed by atoms with Crippen molar-refractivity contribution in [2.75, 3.05) is 18.0 Å². The van der Waals surface area contributed by atoms with E-state index in [-0.39, 0.29) is 5.78 Å². The van der Waals surface area contributed by atoms with Gasteiger partial charge in [-0.1, -0.05) is 25.4 Å². The Morgan fingerprint density at radius 3 is 2.24 bits per heavy atom. The molecule has 1 rings (SSSR count). The summed E-state index contributed by atoms with van der Waals surface area (Å²) in [5, 5.41) is 0.548. The van der Waals surface area contributed by atoms with E-state index in [1.165, 1.54) is 6.92 Å². The molecule has 0 aliphatic carbocycles. The lowest BCUT2D eigenvalue weighted by molar-refractivity contribution is 0.101. The Bertz CT molecular complexity index is 384. The molecule has 0 heterocycles. The number of rotatable bonds is 6. The van der Waals surface area contributed by atoms with Gasteiger partial charge in [-0.25, -0.2) is 0 Å². The van der Waals surface area contributed by atoms with Crippen LogP contribution in [0.3, 0.4) is 0 Å². The lowest BCUT2D eigenvalue weighted by atomic mass is 10.1. The fourth-order valence-corrected chi connectivity index (χ4v) is 2.20. The number of benzene rings is 1. The highest BCUT2D eigenvalue weighted by atomic mass is 35.5. The predicted octanol–water partition coefficient (Wildman–Crippen LogP) is 4.17. The minimum Gasteiger partial charge on any atom is -0.372 e. The van der Waals surface area contributed by atoms with E-state index in [1.807, 2.05) is 18.2 Å². The van der Waals surface area contributed by atoms with Crippen LogP contribution in [0.5, 0.6) is 0 Å². The summed E-state index contributed by atoms with van der Waals surface area (Å²) in [4.78, 5) is 13.6. The zero-order chi connectivity index (χ0) is 12.8. The fraction of sp³-hybridized carbons (Fsp3) is 0.500. The third-order valence-electron chi connectivity index (χ3n) is 2.68. The van der Waals surface area contributed by atoms with E-state index in [0.717, 1.165) is 31.6 Å². The molecule has 0 aliphatic rings. The zero-order valence-corrected chi connectivity index (χ0v) is 11.5. The van der Waals surface area contributed by atoms with Gasteiger partial charge < -0.3 is 4.90 Å². The van der Waals surface area contributed by atoms with E-state index in [2.05, 4.69) is 18.7 Å². The Balaban J connectivity index is 2.97. The van der Waals surface area contributed by atoms with Crippen LogP contribution >= 0.6 is 11.6 Å². The predicted molar refractivity (Wildman–Crippen MR) is 74.3 cm³/mol. The van der Waals surface area contributed by atoms with Crippen molar-refractivity contribution in [1.82, 2.24) is 0 Å². The third kappa shape index (κ3) is 3.74. The summed E-state index contributed by atoms with van der Waals surface area (Å²) in [6.07, 6.45) is 2.21. The first-order chi connectivity index (χ1) is 8.10. The van der Waals surface area contributed by atoms with E-state index in [9.17, 15) is 4.79 Å². The number of hydrogen-bond donors (Lipinski definition) is 0. The number of carbonyl (C=O) groups excluding carboxylic acids is 1. The summed E-state index contributed by atoms with van der Waals surface area (Å²) in [6, 6.07) is 5.69. The lowest BCUT2D eigenvalue weighted by Crippen LogP contribution is -2.24. The van der Waals surface area contributed by atoms with E-state index in [0.29, 0.717) is 10.6 Å². The van der Waals surface area contributed by atoms with Crippen molar-refractivity contribution in [2.45, 2.75) is 33.6 Å². The number of anilines is 1. The second-order valence-corrected chi connectivity index (χ2v) is 4.61. The van der Waals surface area contributed by atoms with Gasteiger partial charge in [-0.3, -0.25) is 4.79 Å². The van der Waals surface area contributed by atoms with Crippen LogP contribution in [0.1, 0.15) is 44.0 Å². The van der Waals surface area contributed by atoms with Gasteiger partial charge >= 0.3 is 0 Å². The highest BCUT2D eigenvalue weighted by Crippen LogP contribution is 2.24. The van der Waals surface area contributed by atoms with Crippen LogP contribution in [-0.4, -0.2) is 18.9 Å². The third-order valence-corrected chi connectivity index (χ3v) is 3.00. The number of ketones is 1. The molecule has 0 saturated heterocycles. The maximum Gasteiger partial charge on any atom is 0.161 e. The molecule has 0 bridgehead atoms. The number of hydrogen-bond acceptors (Lipinski definition) is 2. The maximum atomic E-state index is 11.3. The first-order valence-electron chi connectivity index (χ1n) is 6.15. The molecular formula is C14H20ClNO. The van der Waals surface area contributed by atoms with Crippen molar-refractivity contribution in [3.05, 3.63) is 28.8 Å². The topological polar surface area (TPSA) is 20.3 Å². The molecule has 0 unspecified atom stereocenters. The van der Waals surface area contributed by atoms with Crippen LogP contribution in [0, 0.1) is 0 Å². The van der Waals surface area contributed by atoms with Crippen LogP contribution in [0.15, 0.2) is 18.2 Å². The van der Waals surface area contributed by atoms with Gasteiger partial charge in [-0.05, 0) is 38.0 Å². The van der Waals surface area contributed by atoms with Gasteiger partial charge in [-0.15, -0.1) is 0 Å². The van der Waals surface area contributed by atoms with Crippen LogP contribution in [0.4, 0.5) is 5.69 Å². The van der Waals surface area contributed by atoms with Crippen LogP contribution in [0.2, 0.25) is 5.02 Å². The van der Waals surface area contributed by atoms with Crippen molar-refractivity contribution >= 4 is 23.1 Å². The van der Waals surface area contributed by atoms with Gasteiger partial charge in [0.05, 0.1) is 5.02 Å². The van der Waals surface area contributed by atoms with Gasteiger partial charge in [0.15, 0.2) is 5.78 Å². The van der Waals surface area contributed by atoms with Gasteiger partial charge in [0.1, 0.15) is 0 Å². The van der Waals surface area contributed by atoms with Crippen molar-refractivity contribution in [3.63, 3.8) is 0 Å². The average Bonchev–Trinajstić information content (AvgIpc) is 2.28. The Kier molecular flexibility index (Phi) is 5.49. The molecule has 3 heteroatoms. The smallest absolute Gasteiger partial charge is 0.161 e. The number of carbonyl (C=O) groups is 1. The highest BCUT2D eigenvalue weighted by molar-refractivity contribution is 6.34. The van der Waals surface area contributed by atoms with Crippen molar-refractivity contribution < 1.29 is 4.79 Å². The second kappa shape index (κ2) is 6.65. The van der Waals surface area contributed by atoms with Crippen molar-refractivity contribution in [1.29, 1.82) is 0 Å². The number of nitrogens with zero attached hydrogens (tertiary/aromatic N) is 1. The zero-order valence-electron chi connectivity index (χ0n) is 10.8. The Morgan fingerprint density at radius 1 is 1.24 bits per heavy atom. The summed E-state index contributed by atoms with van der Waals surface area (Å²) in [5.74, 6) is 0.0130. The molecule has 1 aromatic rings. The normalized spacial score (nSPS) is 10.4. The molecule has 0 amide bonds. The molecule has 0 spiro atoms. The quantitative estimate of drug-likeness (QED) is 0.710. The van der Waals surface area contributed by atoms with Crippen LogP contribution < -0.4 is 4.90 Å². The largest absolute Gasteiger partial charge is 0.372 e. The summed E-state index contributed by atoms with van der Waals surface area (Å²) in [7, 11) is 0. The molecule has 2 nitrogen and oxygen atoms in total. The minimum absolute atomic E-state index is 0.0130. The van der Waals surface area contributed by atoms with E-state index in [1.54, 1.807) is 0 Å². The molecule has 0 aromatic heterocycles. The molecule has 0 aliphatic heterocycles. The summed E-state index contributed by atoms with van der Waals surface area (Å²) in [6.45, 7) is 7.90. The molecule has 1 aromatic carbocycles. The summed E-state index contributed by atoms with van der Waals surface area (Å²) in [5.41, 5.74) is 1.70. The second-order valence-electron chi connectivity index (χ2n) is 4.21. The highest BCUT2D eigenvalue weighted by Gasteiger charge is 2.09. The molecular weight excluding hydrogens is 234 g/mol. The lowest BCUT2D eigenvalue weighted by Gasteiger charge is -2.24. The standard InChI is InChI=1S/C14H20ClNO/c1-4-8-16(9-5-2)12-6-7-13(11(3)17)14(15)10-12/h6-7,10H,4-5,8-9H2,1-3H3. The minimum atomic E-state index is 0.0130. The molecule has 0 atom stereocenters. The van der Waals surface area contributed by atoms with Gasteiger partial charge in [0.25, 0.3) is 0 Å². The van der Waals surface area contributed by atoms with Crippen LogP contribution in [-0.2, 0) is 0 Å². The van der Waals surface area contributed by atoms with Crippen molar-refractivity contribution in [3.8, 4) is 0 Å². The number of Topliss-reactive ketones (excluding diaryl/α,β-unsaturated/α-hetero) is 1. The monoisotopic (exact) mass is 253 g/mol. The molecule has 0 fully saturated rings. The Labute approximate surface area is 109 Å². The summed E-state index contributed by atoms with van der Waals surface area (Å²) >= 11 is 6.12. The molecule has 0 radical (unpaired) electrons. The van der Waals surface area contributed by atoms with E-state index in [4.69, 9.17) is 11.6 Å². The Hall–Kier alpha value is -1.02. The first-order valence-corrected chi connectivity index (χ1v) is 6.53. The van der Waals surface area contributed by atoms with Crippen molar-refractivity contribution in [2.24, 2.45) is 0 Å².